The Balaban J connectivity index is 2.89. The van der Waals surface area contributed by atoms with Crippen LogP contribution < -0.4 is 5.32 Å². The monoisotopic (exact) mass is 435 g/mol. The van der Waals surface area contributed by atoms with Gasteiger partial charge in [-0.15, -0.1) is 0 Å². The van der Waals surface area contributed by atoms with Crippen LogP contribution in [-0.2, 0) is 30.4 Å². The molecule has 1 N–H and O–H groups in total. The lowest BCUT2D eigenvalue weighted by Gasteiger charge is -2.24. The molecule has 1 amide bonds. The molecule has 0 radical (unpaired) electrons. The first kappa shape index (κ1) is 25.4. The van der Waals surface area contributed by atoms with E-state index in [2.05, 4.69) is 25.0 Å². The van der Waals surface area contributed by atoms with Crippen molar-refractivity contribution in [3.63, 3.8) is 0 Å². The van der Waals surface area contributed by atoms with Crippen LogP contribution in [0.5, 0.6) is 0 Å². The van der Waals surface area contributed by atoms with Crippen molar-refractivity contribution in [1.29, 1.82) is 0 Å². The van der Waals surface area contributed by atoms with Gasteiger partial charge in [0.1, 0.15) is 12.6 Å². The number of nitrogens with one attached hydrogen (secondary N) is 1. The van der Waals surface area contributed by atoms with E-state index in [4.69, 9.17) is 14.2 Å². The molecule has 0 fully saturated rings. The average Bonchev–Trinajstić information content (AvgIpc) is 2.71. The number of benzene rings is 1. The van der Waals surface area contributed by atoms with Crippen molar-refractivity contribution >= 4 is 26.1 Å². The van der Waals surface area contributed by atoms with Gasteiger partial charge in [-0.3, -0.25) is 4.79 Å². The predicted molar refractivity (Wildman–Crippen MR) is 118 cm³/mol. The van der Waals surface area contributed by atoms with Crippen LogP contribution in [0.3, 0.4) is 0 Å². The largest absolute Gasteiger partial charge is 0.469 e. The summed E-state index contributed by atoms with van der Waals surface area (Å²) < 4.78 is 15.5. The van der Waals surface area contributed by atoms with Gasteiger partial charge in [0.25, 0.3) is 0 Å². The lowest BCUT2D eigenvalue weighted by molar-refractivity contribution is -0.155. The number of alkyl carbamates (subject to hydrolysis) is 1. The van der Waals surface area contributed by atoms with E-state index >= 15 is 0 Å². The summed E-state index contributed by atoms with van der Waals surface area (Å²) in [5.41, 5.74) is 0.806. The van der Waals surface area contributed by atoms with Crippen LogP contribution in [0.4, 0.5) is 4.79 Å². The van der Waals surface area contributed by atoms with E-state index in [0.717, 1.165) is 11.6 Å². The lowest BCUT2D eigenvalue weighted by atomic mass is 9.96. The standard InChI is InChI=1S/C22H33NO6Si/c1-6-7-13-18(20(24)27-2)19(21(25)28-14-15-30(3,4)5)23-22(26)29-16-17-11-9-8-10-12-17/h6-12,18-19H,13-16H2,1-5H3,(H,23,26)/b7-6+/t18-,19+/m1/s1. The molecule has 0 aromatic heterocycles. The topological polar surface area (TPSA) is 90.9 Å². The van der Waals surface area contributed by atoms with Gasteiger partial charge in [0.2, 0.25) is 0 Å². The Morgan fingerprint density at radius 3 is 2.30 bits per heavy atom. The maximum atomic E-state index is 12.8. The molecule has 0 aliphatic heterocycles. The zero-order valence-electron chi connectivity index (χ0n) is 18.5. The molecule has 0 spiro atoms. The smallest absolute Gasteiger partial charge is 0.408 e. The van der Waals surface area contributed by atoms with E-state index in [1.54, 1.807) is 19.1 Å². The molecule has 0 aliphatic carbocycles. The van der Waals surface area contributed by atoms with Crippen molar-refractivity contribution < 1.29 is 28.6 Å². The number of hydrogen-bond acceptors (Lipinski definition) is 6. The summed E-state index contributed by atoms with van der Waals surface area (Å²) in [4.78, 5) is 37.4. The predicted octanol–water partition coefficient (Wildman–Crippen LogP) is 3.92. The Morgan fingerprint density at radius 1 is 1.07 bits per heavy atom. The molecule has 30 heavy (non-hydrogen) atoms. The zero-order chi connectivity index (χ0) is 22.6. The molecule has 0 saturated carbocycles. The van der Waals surface area contributed by atoms with E-state index in [1.165, 1.54) is 7.11 Å². The number of methoxy groups -OCH3 is 1. The molecule has 1 aromatic rings. The number of carbonyl (C=O) groups excluding carboxylic acids is 3. The Kier molecular flexibility index (Phi) is 10.9. The Bertz CT molecular complexity index is 714. The molecule has 2 atom stereocenters. The molecule has 166 valence electrons. The van der Waals surface area contributed by atoms with Crippen LogP contribution in [-0.4, -0.2) is 45.9 Å². The van der Waals surface area contributed by atoms with Crippen LogP contribution in [0, 0.1) is 5.92 Å². The fraction of sp³-hybridized carbons (Fsp3) is 0.500. The fourth-order valence-corrected chi connectivity index (χ4v) is 3.28. The minimum absolute atomic E-state index is 0.0435. The molecule has 0 aliphatic rings. The van der Waals surface area contributed by atoms with Gasteiger partial charge in [-0.25, -0.2) is 9.59 Å². The van der Waals surface area contributed by atoms with Gasteiger partial charge in [-0.1, -0.05) is 62.1 Å². The Hall–Kier alpha value is -2.61. The zero-order valence-corrected chi connectivity index (χ0v) is 19.5. The van der Waals surface area contributed by atoms with E-state index in [0.29, 0.717) is 0 Å². The molecule has 7 nitrogen and oxygen atoms in total. The van der Waals surface area contributed by atoms with Crippen molar-refractivity contribution in [2.24, 2.45) is 5.92 Å². The van der Waals surface area contributed by atoms with Gasteiger partial charge < -0.3 is 19.5 Å². The molecule has 1 aromatic carbocycles. The van der Waals surface area contributed by atoms with Crippen LogP contribution in [0.1, 0.15) is 18.9 Å². The van der Waals surface area contributed by atoms with Crippen molar-refractivity contribution in [3.05, 3.63) is 48.0 Å². The summed E-state index contributed by atoms with van der Waals surface area (Å²) >= 11 is 0. The van der Waals surface area contributed by atoms with E-state index < -0.39 is 38.1 Å². The summed E-state index contributed by atoms with van der Waals surface area (Å²) in [6.07, 6.45) is 2.91. The Morgan fingerprint density at radius 2 is 1.73 bits per heavy atom. The van der Waals surface area contributed by atoms with Gasteiger partial charge in [-0.05, 0) is 25.0 Å². The highest BCUT2D eigenvalue weighted by molar-refractivity contribution is 6.76. The van der Waals surface area contributed by atoms with Gasteiger partial charge in [-0.2, -0.15) is 0 Å². The SMILES string of the molecule is C/C=C/C[C@@H](C(=O)OC)[C@H](NC(=O)OCc1ccccc1)C(=O)OCC[Si](C)(C)C. The van der Waals surface area contributed by atoms with E-state index in [-0.39, 0.29) is 19.6 Å². The molecule has 1 rings (SSSR count). The molecule has 0 heterocycles. The van der Waals surface area contributed by atoms with Crippen LogP contribution in [0.15, 0.2) is 42.5 Å². The highest BCUT2D eigenvalue weighted by Gasteiger charge is 2.37. The van der Waals surface area contributed by atoms with E-state index in [1.807, 2.05) is 30.3 Å². The summed E-state index contributed by atoms with van der Waals surface area (Å²) in [5.74, 6) is -2.21. The second-order valence-electron chi connectivity index (χ2n) is 8.10. The van der Waals surface area contributed by atoms with Crippen molar-refractivity contribution in [2.75, 3.05) is 13.7 Å². The second kappa shape index (κ2) is 12.8. The van der Waals surface area contributed by atoms with Gasteiger partial charge >= 0.3 is 18.0 Å². The van der Waals surface area contributed by atoms with Crippen molar-refractivity contribution in [3.8, 4) is 0 Å². The normalized spacial score (nSPS) is 13.4. The van der Waals surface area contributed by atoms with E-state index in [9.17, 15) is 14.4 Å². The lowest BCUT2D eigenvalue weighted by Crippen LogP contribution is -2.49. The first-order valence-corrected chi connectivity index (χ1v) is 13.7. The Labute approximate surface area is 179 Å². The summed E-state index contributed by atoms with van der Waals surface area (Å²) in [7, 11) is -0.168. The van der Waals surface area contributed by atoms with Gasteiger partial charge in [0, 0.05) is 8.07 Å². The summed E-state index contributed by atoms with van der Waals surface area (Å²) in [6.45, 7) is 8.59. The highest BCUT2D eigenvalue weighted by atomic mass is 28.3. The van der Waals surface area contributed by atoms with Gasteiger partial charge in [0.05, 0.1) is 19.6 Å². The minimum Gasteiger partial charge on any atom is -0.469 e. The summed E-state index contributed by atoms with van der Waals surface area (Å²) in [6, 6.07) is 8.73. The van der Waals surface area contributed by atoms with Gasteiger partial charge in [0.15, 0.2) is 0 Å². The number of amides is 1. The molecule has 8 heteroatoms. The number of esters is 2. The van der Waals surface area contributed by atoms with Crippen LogP contribution in [0.25, 0.3) is 0 Å². The number of allylic oxidation sites excluding steroid dienone is 2. The molecule has 0 saturated heterocycles. The third-order valence-electron chi connectivity index (χ3n) is 4.37. The first-order chi connectivity index (χ1) is 14.2. The molecular weight excluding hydrogens is 402 g/mol. The van der Waals surface area contributed by atoms with Crippen LogP contribution in [0.2, 0.25) is 25.7 Å². The fourth-order valence-electron chi connectivity index (χ4n) is 2.57. The summed E-state index contributed by atoms with van der Waals surface area (Å²) in [5, 5.41) is 2.50. The van der Waals surface area contributed by atoms with Crippen LogP contribution >= 0.6 is 0 Å². The minimum atomic E-state index is -1.41. The number of ether oxygens (including phenoxy) is 3. The highest BCUT2D eigenvalue weighted by Crippen LogP contribution is 2.16. The van der Waals surface area contributed by atoms with Crippen molar-refractivity contribution in [2.45, 2.75) is 51.7 Å². The molecule has 0 bridgehead atoms. The number of hydrogen-bond donors (Lipinski definition) is 1. The number of carbonyl (C=O) groups is 3. The first-order valence-electron chi connectivity index (χ1n) is 10.0. The third kappa shape index (κ3) is 9.73. The average molecular weight is 436 g/mol. The maximum absolute atomic E-state index is 12.8. The molecular formula is C22H33NO6Si. The second-order valence-corrected chi connectivity index (χ2v) is 13.7. The third-order valence-corrected chi connectivity index (χ3v) is 6.07. The number of rotatable bonds is 11. The quantitative estimate of drug-likeness (QED) is 0.245. The van der Waals surface area contributed by atoms with Crippen molar-refractivity contribution in [1.82, 2.24) is 5.32 Å². The molecule has 0 unspecified atom stereocenters. The maximum Gasteiger partial charge on any atom is 0.408 e.